The zero-order valence-corrected chi connectivity index (χ0v) is 23.7. The summed E-state index contributed by atoms with van der Waals surface area (Å²) < 4.78 is 0. The maximum absolute atomic E-state index is 12.8. The normalized spacial score (nSPS) is 11.8. The van der Waals surface area contributed by atoms with Crippen molar-refractivity contribution in [1.82, 2.24) is 10.3 Å². The fourth-order valence-corrected chi connectivity index (χ4v) is 5.25. The highest BCUT2D eigenvalue weighted by Gasteiger charge is 2.19. The molecule has 0 bridgehead atoms. The molecule has 40 heavy (non-hydrogen) atoms. The van der Waals surface area contributed by atoms with Gasteiger partial charge < -0.3 is 10.1 Å². The van der Waals surface area contributed by atoms with Crippen molar-refractivity contribution in [2.45, 2.75) is 65.2 Å². The first kappa shape index (κ1) is 28.9. The lowest BCUT2D eigenvalue weighted by Gasteiger charge is -2.17. The first-order chi connectivity index (χ1) is 19.3. The molecule has 1 heterocycles. The molecule has 1 aromatic heterocycles. The predicted octanol–water partition coefficient (Wildman–Crippen LogP) is 7.07. The summed E-state index contributed by atoms with van der Waals surface area (Å²) in [7, 11) is 0. The number of pyridine rings is 1. The molecule has 5 heteroatoms. The third-order valence-corrected chi connectivity index (χ3v) is 7.38. The highest BCUT2D eigenvalue weighted by Crippen LogP contribution is 2.32. The monoisotopic (exact) mass is 534 g/mol. The average Bonchev–Trinajstić information content (AvgIpc) is 2.94. The molecule has 1 amide bonds. The number of aromatic nitrogens is 1. The Labute approximate surface area is 237 Å². The van der Waals surface area contributed by atoms with Gasteiger partial charge in [0.15, 0.2) is 5.78 Å². The molecule has 0 saturated carbocycles. The van der Waals surface area contributed by atoms with Crippen molar-refractivity contribution in [3.63, 3.8) is 0 Å². The Balaban J connectivity index is 1.32. The van der Waals surface area contributed by atoms with Crippen LogP contribution in [0.25, 0.3) is 21.9 Å². The van der Waals surface area contributed by atoms with Crippen LogP contribution in [-0.4, -0.2) is 29.0 Å². The molecule has 0 aliphatic heterocycles. The topological polar surface area (TPSA) is 76.1 Å². The lowest BCUT2D eigenvalue weighted by atomic mass is 9.87. The van der Waals surface area contributed by atoms with Crippen molar-refractivity contribution in [3.8, 4) is 11.1 Å². The third kappa shape index (κ3) is 7.95. The van der Waals surface area contributed by atoms with Crippen molar-refractivity contribution in [1.29, 1.82) is 0 Å². The number of nitrogens with one attached hydrogen (secondary N) is 1. The van der Waals surface area contributed by atoms with E-state index in [2.05, 4.69) is 71.8 Å². The summed E-state index contributed by atoms with van der Waals surface area (Å²) in [5, 5.41) is 5.20. The highest BCUT2D eigenvalue weighted by molar-refractivity contribution is 5.98. The molecule has 0 aliphatic rings. The first-order valence-electron chi connectivity index (χ1n) is 14.1. The number of rotatable bonds is 13. The summed E-state index contributed by atoms with van der Waals surface area (Å²) in [5.74, 6) is -0.369. The van der Waals surface area contributed by atoms with Gasteiger partial charge in [0.1, 0.15) is 5.78 Å². The van der Waals surface area contributed by atoms with E-state index in [0.717, 1.165) is 41.6 Å². The molecule has 0 saturated heterocycles. The number of carbonyl (C=O) groups is 3. The summed E-state index contributed by atoms with van der Waals surface area (Å²) in [6.45, 7) is 5.70. The molecule has 0 fully saturated rings. The number of amides is 1. The molecule has 1 N–H and O–H groups in total. The van der Waals surface area contributed by atoms with Gasteiger partial charge in [-0.3, -0.25) is 14.6 Å². The lowest BCUT2D eigenvalue weighted by molar-refractivity contribution is -0.125. The summed E-state index contributed by atoms with van der Waals surface area (Å²) in [6.07, 6.45) is 5.14. The van der Waals surface area contributed by atoms with Gasteiger partial charge in [0.25, 0.3) is 0 Å². The fraction of sp³-hybridized carbons (Fsp3) is 0.314. The number of unbranched alkanes of at least 4 members (excludes halogenated alkanes) is 1. The number of hydrogen-bond donors (Lipinski definition) is 1. The fourth-order valence-electron chi connectivity index (χ4n) is 5.25. The average molecular weight is 535 g/mol. The maximum Gasteiger partial charge on any atom is 0.220 e. The Morgan fingerprint density at radius 1 is 0.850 bits per heavy atom. The molecular formula is C35H38N2O3. The number of Topliss-reactive ketones (excluding diaryl/α,β-unsaturated/α-hetero) is 2. The summed E-state index contributed by atoms with van der Waals surface area (Å²) in [4.78, 5) is 41.5. The Morgan fingerprint density at radius 3 is 2.33 bits per heavy atom. The smallest absolute Gasteiger partial charge is 0.220 e. The van der Waals surface area contributed by atoms with Gasteiger partial charge in [-0.2, -0.15) is 0 Å². The molecule has 5 nitrogen and oxygen atoms in total. The number of carbonyl (C=O) groups excluding carboxylic acids is 3. The molecule has 4 rings (SSSR count). The summed E-state index contributed by atoms with van der Waals surface area (Å²) >= 11 is 0. The van der Waals surface area contributed by atoms with E-state index in [-0.39, 0.29) is 36.4 Å². The zero-order chi connectivity index (χ0) is 28.5. The van der Waals surface area contributed by atoms with Crippen molar-refractivity contribution in [2.24, 2.45) is 0 Å². The van der Waals surface area contributed by atoms with E-state index in [0.29, 0.717) is 12.8 Å². The lowest BCUT2D eigenvalue weighted by Crippen LogP contribution is -2.30. The van der Waals surface area contributed by atoms with Crippen LogP contribution in [0.15, 0.2) is 79.0 Å². The van der Waals surface area contributed by atoms with Gasteiger partial charge in [-0.15, -0.1) is 0 Å². The number of fused-ring (bicyclic) bond motifs is 1. The number of nitrogens with zero attached hydrogens (tertiary/aromatic N) is 1. The Kier molecular flexibility index (Phi) is 9.96. The van der Waals surface area contributed by atoms with Crippen LogP contribution in [0.2, 0.25) is 0 Å². The van der Waals surface area contributed by atoms with Crippen LogP contribution < -0.4 is 5.32 Å². The van der Waals surface area contributed by atoms with E-state index in [1.54, 1.807) is 6.92 Å². The first-order valence-corrected chi connectivity index (χ1v) is 14.1. The van der Waals surface area contributed by atoms with Crippen molar-refractivity contribution in [3.05, 3.63) is 101 Å². The quantitative estimate of drug-likeness (QED) is 0.186. The molecule has 4 aromatic rings. The minimum Gasteiger partial charge on any atom is -0.349 e. The molecule has 0 aliphatic carbocycles. The van der Waals surface area contributed by atoms with E-state index >= 15 is 0 Å². The van der Waals surface area contributed by atoms with Gasteiger partial charge in [0, 0.05) is 31.2 Å². The number of hydrogen-bond acceptors (Lipinski definition) is 4. The molecule has 1 atom stereocenters. The largest absolute Gasteiger partial charge is 0.349 e. The van der Waals surface area contributed by atoms with Crippen molar-refractivity contribution in [2.75, 3.05) is 6.54 Å². The third-order valence-electron chi connectivity index (χ3n) is 7.38. The molecule has 206 valence electrons. The standard InChI is InChI=1S/C35H38N2O3/c1-24-18-19-36-30(20-24)8-4-7-11-35(40)37-23-31(39)22-29(21-26(3)38)27-13-15-28(16-14-27)33-17-12-25(2)32-9-5-6-10-34(32)33/h5-6,9-10,12-20,29H,4,7-8,11,21-23H2,1-3H3,(H,37,40)/t29-/m0/s1. The second-order valence-corrected chi connectivity index (χ2v) is 10.8. The van der Waals surface area contributed by atoms with Gasteiger partial charge in [0.05, 0.1) is 6.54 Å². The molecule has 3 aromatic carbocycles. The SMILES string of the molecule is CC(=O)C[C@@H](CC(=O)CNC(=O)CCCCc1cc(C)ccn1)c1ccc(-c2ccc(C)c3ccccc23)cc1. The molecule has 0 radical (unpaired) electrons. The van der Waals surface area contributed by atoms with Gasteiger partial charge in [-0.05, 0) is 96.7 Å². The van der Waals surface area contributed by atoms with Crippen LogP contribution in [-0.2, 0) is 20.8 Å². The van der Waals surface area contributed by atoms with Crippen LogP contribution in [0.1, 0.15) is 67.3 Å². The van der Waals surface area contributed by atoms with Gasteiger partial charge >= 0.3 is 0 Å². The van der Waals surface area contributed by atoms with E-state index in [1.807, 2.05) is 31.3 Å². The van der Waals surface area contributed by atoms with Gasteiger partial charge in [-0.1, -0.05) is 60.7 Å². The van der Waals surface area contributed by atoms with E-state index in [1.165, 1.54) is 21.9 Å². The Bertz CT molecular complexity index is 1490. The Morgan fingerprint density at radius 2 is 1.60 bits per heavy atom. The van der Waals surface area contributed by atoms with Crippen LogP contribution >= 0.6 is 0 Å². The minimum absolute atomic E-state index is 0.0138. The van der Waals surface area contributed by atoms with E-state index in [9.17, 15) is 14.4 Å². The summed E-state index contributed by atoms with van der Waals surface area (Å²) in [5.41, 5.74) is 6.66. The maximum atomic E-state index is 12.8. The van der Waals surface area contributed by atoms with E-state index < -0.39 is 0 Å². The molecule has 0 unspecified atom stereocenters. The molecular weight excluding hydrogens is 496 g/mol. The number of benzene rings is 3. The zero-order valence-electron chi connectivity index (χ0n) is 23.7. The van der Waals surface area contributed by atoms with Crippen molar-refractivity contribution < 1.29 is 14.4 Å². The van der Waals surface area contributed by atoms with E-state index in [4.69, 9.17) is 0 Å². The van der Waals surface area contributed by atoms with Gasteiger partial charge in [-0.25, -0.2) is 0 Å². The number of aryl methyl sites for hydroxylation is 3. The van der Waals surface area contributed by atoms with Crippen LogP contribution in [0.3, 0.4) is 0 Å². The van der Waals surface area contributed by atoms with Crippen LogP contribution in [0, 0.1) is 13.8 Å². The molecule has 0 spiro atoms. The van der Waals surface area contributed by atoms with Crippen LogP contribution in [0.4, 0.5) is 0 Å². The second-order valence-electron chi connectivity index (χ2n) is 10.8. The summed E-state index contributed by atoms with van der Waals surface area (Å²) in [6, 6.07) is 24.9. The number of ketones is 2. The highest BCUT2D eigenvalue weighted by atomic mass is 16.2. The minimum atomic E-state index is -0.215. The van der Waals surface area contributed by atoms with Gasteiger partial charge in [0.2, 0.25) is 5.91 Å². The Hall–Kier alpha value is -4.12. The second kappa shape index (κ2) is 13.8. The predicted molar refractivity (Wildman–Crippen MR) is 161 cm³/mol. The van der Waals surface area contributed by atoms with Crippen LogP contribution in [0.5, 0.6) is 0 Å². The van der Waals surface area contributed by atoms with Crippen molar-refractivity contribution >= 4 is 28.2 Å².